The van der Waals surface area contributed by atoms with E-state index in [1.807, 2.05) is 18.2 Å². The molecule has 2 N–H and O–H groups in total. The van der Waals surface area contributed by atoms with Crippen molar-refractivity contribution >= 4 is 15.7 Å². The molecule has 0 amide bonds. The highest BCUT2D eigenvalue weighted by Gasteiger charge is 2.16. The predicted molar refractivity (Wildman–Crippen MR) is 106 cm³/mol. The number of piperidine rings is 1. The lowest BCUT2D eigenvalue weighted by molar-refractivity contribution is 0.234. The number of sulfonamides is 1. The molecule has 6 heteroatoms. The second-order valence-electron chi connectivity index (χ2n) is 7.01. The minimum Gasteiger partial charge on any atom is -0.317 e. The number of rotatable bonds is 7. The van der Waals surface area contributed by atoms with E-state index in [0.29, 0.717) is 5.69 Å². The number of benzene rings is 2. The Kier molecular flexibility index (Phi) is 6.29. The van der Waals surface area contributed by atoms with E-state index >= 15 is 0 Å². The average molecular weight is 374 g/mol. The Labute approximate surface area is 156 Å². The molecule has 2 aromatic carbocycles. The van der Waals surface area contributed by atoms with Crippen LogP contribution in [0.4, 0.5) is 5.69 Å². The third-order valence-corrected chi connectivity index (χ3v) is 6.11. The molecule has 0 bridgehead atoms. The predicted octanol–water partition coefficient (Wildman–Crippen LogP) is 2.92. The molecule has 1 fully saturated rings. The molecule has 0 atom stereocenters. The first kappa shape index (κ1) is 18.9. The van der Waals surface area contributed by atoms with Gasteiger partial charge in [-0.1, -0.05) is 30.3 Å². The fourth-order valence-electron chi connectivity index (χ4n) is 3.43. The van der Waals surface area contributed by atoms with Crippen LogP contribution in [0, 0.1) is 5.92 Å². The van der Waals surface area contributed by atoms with Gasteiger partial charge in [-0.2, -0.15) is 0 Å². The van der Waals surface area contributed by atoms with Crippen molar-refractivity contribution in [2.45, 2.75) is 24.3 Å². The van der Waals surface area contributed by atoms with Crippen molar-refractivity contribution in [1.29, 1.82) is 0 Å². The van der Waals surface area contributed by atoms with Crippen molar-refractivity contribution in [1.82, 2.24) is 10.2 Å². The molecule has 0 aliphatic carbocycles. The fraction of sp³-hybridized carbons (Fsp3) is 0.400. The van der Waals surface area contributed by atoms with Gasteiger partial charge in [0.05, 0.1) is 4.90 Å². The Morgan fingerprint density at radius 3 is 2.54 bits per heavy atom. The molecule has 0 aromatic heterocycles. The van der Waals surface area contributed by atoms with Crippen molar-refractivity contribution in [2.75, 3.05) is 31.4 Å². The molecular weight excluding hydrogens is 346 g/mol. The Hall–Kier alpha value is -1.89. The van der Waals surface area contributed by atoms with Gasteiger partial charge in [-0.25, -0.2) is 8.42 Å². The van der Waals surface area contributed by atoms with E-state index in [0.717, 1.165) is 37.7 Å². The SMILES string of the molecule is CN(Cc1cccc(NS(=O)(=O)c2ccccc2)c1)CC1CCNCC1. The summed E-state index contributed by atoms with van der Waals surface area (Å²) in [6.45, 7) is 4.09. The zero-order valence-corrected chi connectivity index (χ0v) is 16.0. The van der Waals surface area contributed by atoms with Crippen LogP contribution in [0.3, 0.4) is 0 Å². The van der Waals surface area contributed by atoms with Crippen LogP contribution in [0.1, 0.15) is 18.4 Å². The van der Waals surface area contributed by atoms with E-state index in [1.54, 1.807) is 36.4 Å². The van der Waals surface area contributed by atoms with E-state index in [4.69, 9.17) is 0 Å². The van der Waals surface area contributed by atoms with Gasteiger partial charge in [0.15, 0.2) is 0 Å². The van der Waals surface area contributed by atoms with Gasteiger partial charge in [-0.15, -0.1) is 0 Å². The first-order valence-corrected chi connectivity index (χ1v) is 10.6. The molecule has 26 heavy (non-hydrogen) atoms. The number of nitrogens with zero attached hydrogens (tertiary/aromatic N) is 1. The van der Waals surface area contributed by atoms with Gasteiger partial charge >= 0.3 is 0 Å². The van der Waals surface area contributed by atoms with Gasteiger partial charge in [0.1, 0.15) is 0 Å². The molecular formula is C20H27N3O2S. The Bertz CT molecular complexity index is 803. The standard InChI is InChI=1S/C20H27N3O2S/c1-23(15-17-10-12-21-13-11-17)16-18-6-5-7-19(14-18)22-26(24,25)20-8-3-2-4-9-20/h2-9,14,17,21-22H,10-13,15-16H2,1H3. The second-order valence-corrected chi connectivity index (χ2v) is 8.69. The lowest BCUT2D eigenvalue weighted by atomic mass is 9.97. The molecule has 0 spiro atoms. The maximum Gasteiger partial charge on any atom is 0.261 e. The smallest absolute Gasteiger partial charge is 0.261 e. The third kappa shape index (κ3) is 5.30. The van der Waals surface area contributed by atoms with Crippen LogP contribution in [-0.4, -0.2) is 40.0 Å². The van der Waals surface area contributed by atoms with Gasteiger partial charge in [-0.3, -0.25) is 4.72 Å². The lowest BCUT2D eigenvalue weighted by Gasteiger charge is -2.27. The van der Waals surface area contributed by atoms with Crippen LogP contribution in [0.5, 0.6) is 0 Å². The minimum atomic E-state index is -3.55. The number of hydrogen-bond donors (Lipinski definition) is 2. The quantitative estimate of drug-likeness (QED) is 0.783. The van der Waals surface area contributed by atoms with Gasteiger partial charge in [0.2, 0.25) is 0 Å². The zero-order valence-electron chi connectivity index (χ0n) is 15.2. The molecule has 2 aromatic rings. The lowest BCUT2D eigenvalue weighted by Crippen LogP contribution is -2.34. The summed E-state index contributed by atoms with van der Waals surface area (Å²) in [6.07, 6.45) is 2.45. The number of hydrogen-bond acceptors (Lipinski definition) is 4. The molecule has 0 unspecified atom stereocenters. The summed E-state index contributed by atoms with van der Waals surface area (Å²) in [6, 6.07) is 16.1. The van der Waals surface area contributed by atoms with Crippen LogP contribution < -0.4 is 10.0 Å². The van der Waals surface area contributed by atoms with Crippen molar-refractivity contribution in [3.8, 4) is 0 Å². The van der Waals surface area contributed by atoms with Crippen LogP contribution in [0.25, 0.3) is 0 Å². The molecule has 0 saturated carbocycles. The van der Waals surface area contributed by atoms with Crippen molar-refractivity contribution < 1.29 is 8.42 Å². The van der Waals surface area contributed by atoms with Crippen LogP contribution >= 0.6 is 0 Å². The summed E-state index contributed by atoms with van der Waals surface area (Å²) in [5.41, 5.74) is 1.70. The first-order chi connectivity index (χ1) is 12.5. The summed E-state index contributed by atoms with van der Waals surface area (Å²) in [5, 5.41) is 3.40. The Morgan fingerprint density at radius 2 is 1.81 bits per heavy atom. The van der Waals surface area contributed by atoms with E-state index in [-0.39, 0.29) is 4.90 Å². The minimum absolute atomic E-state index is 0.272. The van der Waals surface area contributed by atoms with Crippen molar-refractivity contribution in [3.63, 3.8) is 0 Å². The monoisotopic (exact) mass is 373 g/mol. The molecule has 1 saturated heterocycles. The van der Waals surface area contributed by atoms with E-state index in [9.17, 15) is 8.42 Å². The highest BCUT2D eigenvalue weighted by molar-refractivity contribution is 7.92. The first-order valence-electron chi connectivity index (χ1n) is 9.09. The summed E-state index contributed by atoms with van der Waals surface area (Å²) in [5.74, 6) is 0.737. The topological polar surface area (TPSA) is 61.4 Å². The summed E-state index contributed by atoms with van der Waals surface area (Å²) >= 11 is 0. The molecule has 1 aliphatic rings. The maximum atomic E-state index is 12.5. The van der Waals surface area contributed by atoms with Gasteiger partial charge in [0.25, 0.3) is 10.0 Å². The van der Waals surface area contributed by atoms with Gasteiger partial charge < -0.3 is 10.2 Å². The van der Waals surface area contributed by atoms with E-state index < -0.39 is 10.0 Å². The number of nitrogens with one attached hydrogen (secondary N) is 2. The summed E-state index contributed by atoms with van der Waals surface area (Å²) < 4.78 is 27.6. The summed E-state index contributed by atoms with van der Waals surface area (Å²) in [4.78, 5) is 2.59. The van der Waals surface area contributed by atoms with E-state index in [2.05, 4.69) is 22.0 Å². The highest BCUT2D eigenvalue weighted by atomic mass is 32.2. The largest absolute Gasteiger partial charge is 0.317 e. The molecule has 0 radical (unpaired) electrons. The Balaban J connectivity index is 1.62. The molecule has 3 rings (SSSR count). The average Bonchev–Trinajstić information content (AvgIpc) is 2.63. The highest BCUT2D eigenvalue weighted by Crippen LogP contribution is 2.19. The summed E-state index contributed by atoms with van der Waals surface area (Å²) in [7, 11) is -1.42. The van der Waals surface area contributed by atoms with E-state index in [1.165, 1.54) is 12.8 Å². The van der Waals surface area contributed by atoms with Gasteiger partial charge in [0, 0.05) is 18.8 Å². The maximum absolute atomic E-state index is 12.5. The molecule has 140 valence electrons. The van der Waals surface area contributed by atoms with Crippen molar-refractivity contribution in [3.05, 3.63) is 60.2 Å². The fourth-order valence-corrected chi connectivity index (χ4v) is 4.50. The molecule has 1 heterocycles. The number of anilines is 1. The Morgan fingerprint density at radius 1 is 1.08 bits per heavy atom. The van der Waals surface area contributed by atoms with Crippen LogP contribution in [0.2, 0.25) is 0 Å². The normalized spacial score (nSPS) is 15.9. The second kappa shape index (κ2) is 8.66. The van der Waals surface area contributed by atoms with Gasteiger partial charge in [-0.05, 0) is 68.7 Å². The molecule has 5 nitrogen and oxygen atoms in total. The van der Waals surface area contributed by atoms with Crippen LogP contribution in [0.15, 0.2) is 59.5 Å². The zero-order chi connectivity index (χ0) is 18.4. The third-order valence-electron chi connectivity index (χ3n) is 4.71. The molecule has 1 aliphatic heterocycles. The van der Waals surface area contributed by atoms with Crippen molar-refractivity contribution in [2.24, 2.45) is 5.92 Å². The van der Waals surface area contributed by atoms with Crippen LogP contribution in [-0.2, 0) is 16.6 Å².